The molecule has 2 aromatic carbocycles. The van der Waals surface area contributed by atoms with Gasteiger partial charge in [0, 0.05) is 53.0 Å². The molecular formula is C27H32N3O6S2+. The topological polar surface area (TPSA) is 134 Å². The second kappa shape index (κ2) is 10.5. The van der Waals surface area contributed by atoms with E-state index >= 15 is 0 Å². The smallest absolute Gasteiger partial charge is 0.295 e. The molecule has 0 fully saturated rings. The Balaban J connectivity index is 2.19. The van der Waals surface area contributed by atoms with Crippen LogP contribution in [0.2, 0.25) is 0 Å². The van der Waals surface area contributed by atoms with E-state index in [9.17, 15) is 21.4 Å². The maximum atomic E-state index is 12.5. The van der Waals surface area contributed by atoms with Crippen LogP contribution in [0.5, 0.6) is 0 Å². The highest BCUT2D eigenvalue weighted by atomic mass is 32.2. The Hall–Kier alpha value is -3.25. The van der Waals surface area contributed by atoms with Crippen molar-refractivity contribution in [3.05, 3.63) is 60.0 Å². The van der Waals surface area contributed by atoms with E-state index in [-0.39, 0.29) is 5.56 Å². The van der Waals surface area contributed by atoms with Crippen molar-refractivity contribution in [2.24, 2.45) is 5.14 Å². The summed E-state index contributed by atoms with van der Waals surface area (Å²) in [5, 5.41) is 6.80. The fraction of sp³-hybridized carbons (Fsp3) is 0.296. The molecule has 0 radical (unpaired) electrons. The van der Waals surface area contributed by atoms with Crippen molar-refractivity contribution in [3.8, 4) is 22.5 Å². The van der Waals surface area contributed by atoms with Crippen LogP contribution in [0, 0.1) is 0 Å². The number of fused-ring (bicyclic) bond motifs is 2. The molecule has 1 heterocycles. The van der Waals surface area contributed by atoms with Crippen LogP contribution in [-0.4, -0.2) is 47.6 Å². The quantitative estimate of drug-likeness (QED) is 0.191. The van der Waals surface area contributed by atoms with E-state index in [0.29, 0.717) is 27.9 Å². The number of nitrogens with two attached hydrogens (primary N) is 1. The first-order valence-electron chi connectivity index (χ1n) is 12.4. The van der Waals surface area contributed by atoms with Crippen molar-refractivity contribution in [3.63, 3.8) is 0 Å². The molecule has 3 N–H and O–H groups in total. The third kappa shape index (κ3) is 5.19. The Bertz CT molecular complexity index is 1770. The van der Waals surface area contributed by atoms with Gasteiger partial charge in [0.25, 0.3) is 10.1 Å². The molecule has 1 aliphatic carbocycles. The van der Waals surface area contributed by atoms with E-state index in [1.807, 2.05) is 36.4 Å². The number of rotatable bonds is 8. The molecular weight excluding hydrogens is 526 g/mol. The number of anilines is 1. The molecule has 0 aromatic heterocycles. The number of primary sulfonamides is 1. The first-order chi connectivity index (χ1) is 17.9. The van der Waals surface area contributed by atoms with E-state index in [4.69, 9.17) is 9.56 Å². The Kier molecular flexibility index (Phi) is 7.67. The summed E-state index contributed by atoms with van der Waals surface area (Å²) in [6.45, 7) is 11.4. The van der Waals surface area contributed by atoms with Crippen LogP contribution in [0.15, 0.2) is 68.8 Å². The van der Waals surface area contributed by atoms with Gasteiger partial charge in [0.15, 0.2) is 0 Å². The molecule has 0 saturated carbocycles. The van der Waals surface area contributed by atoms with Gasteiger partial charge in [-0.3, -0.25) is 4.55 Å². The normalized spacial score (nSPS) is 12.3. The minimum atomic E-state index is -4.83. The lowest BCUT2D eigenvalue weighted by Gasteiger charge is -2.22. The fourth-order valence-corrected chi connectivity index (χ4v) is 6.17. The molecule has 38 heavy (non-hydrogen) atoms. The standard InChI is InChI=1S/C27H31N3O6S2/c1-5-29(6-2)18-9-12-21-24(15-18)36-25-16-19(30(7-3)8-4)10-13-22(25)27(21)23-14-11-20(37(28,31)32)17-26(23)38(33,34)35/h9-17H,5-8H2,1-4H3,(H2-,28,31,32,33,34,35)/p+1. The largest absolute Gasteiger partial charge is 0.456 e. The zero-order valence-electron chi connectivity index (χ0n) is 21.8. The summed E-state index contributed by atoms with van der Waals surface area (Å²) in [6.07, 6.45) is 0. The molecule has 4 rings (SSSR count). The average Bonchev–Trinajstić information content (AvgIpc) is 2.87. The van der Waals surface area contributed by atoms with Gasteiger partial charge in [-0.15, -0.1) is 0 Å². The molecule has 1 aliphatic heterocycles. The Labute approximate surface area is 223 Å². The number of hydrogen-bond donors (Lipinski definition) is 2. The van der Waals surface area contributed by atoms with Gasteiger partial charge < -0.3 is 9.32 Å². The minimum Gasteiger partial charge on any atom is -0.456 e. The number of nitrogens with zero attached hydrogens (tertiary/aromatic N) is 2. The highest BCUT2D eigenvalue weighted by Crippen LogP contribution is 2.43. The zero-order chi connectivity index (χ0) is 27.8. The number of hydrogen-bond acceptors (Lipinski definition) is 6. The lowest BCUT2D eigenvalue weighted by Crippen LogP contribution is -2.29. The van der Waals surface area contributed by atoms with Crippen molar-refractivity contribution in [1.82, 2.24) is 4.58 Å². The number of benzene rings is 3. The fourth-order valence-electron chi connectivity index (χ4n) is 4.83. The highest BCUT2D eigenvalue weighted by Gasteiger charge is 2.26. The van der Waals surface area contributed by atoms with Crippen molar-refractivity contribution >= 4 is 36.8 Å². The SMILES string of the molecule is CCN(CC)c1ccc2c(-c3ccc(S(N)(=O)=O)cc3S(=O)(=O)O)c3ccc(=[N+](CC)CC)cc-3oc2c1. The molecule has 9 nitrogen and oxygen atoms in total. The predicted octanol–water partition coefficient (Wildman–Crippen LogP) is 3.76. The Morgan fingerprint density at radius 1 is 0.868 bits per heavy atom. The Morgan fingerprint density at radius 2 is 1.53 bits per heavy atom. The summed E-state index contributed by atoms with van der Waals surface area (Å²) >= 11 is 0. The van der Waals surface area contributed by atoms with Crippen LogP contribution < -0.4 is 20.0 Å². The van der Waals surface area contributed by atoms with Gasteiger partial charge in [0.05, 0.1) is 11.0 Å². The predicted molar refractivity (Wildman–Crippen MR) is 149 cm³/mol. The van der Waals surface area contributed by atoms with Crippen LogP contribution in [0.4, 0.5) is 5.69 Å². The first-order valence-corrected chi connectivity index (χ1v) is 15.4. The van der Waals surface area contributed by atoms with Gasteiger partial charge in [-0.25, -0.2) is 18.1 Å². The van der Waals surface area contributed by atoms with Crippen molar-refractivity contribution in [2.45, 2.75) is 37.5 Å². The minimum absolute atomic E-state index is 0.136. The molecule has 2 aliphatic rings. The molecule has 11 heteroatoms. The molecule has 0 saturated heterocycles. The third-order valence-electron chi connectivity index (χ3n) is 6.78. The van der Waals surface area contributed by atoms with E-state index in [0.717, 1.165) is 43.3 Å². The van der Waals surface area contributed by atoms with E-state index in [2.05, 4.69) is 37.2 Å². The molecule has 0 atom stereocenters. The number of sulfonamides is 1. The summed E-state index contributed by atoms with van der Waals surface area (Å²) in [4.78, 5) is 1.18. The van der Waals surface area contributed by atoms with E-state index < -0.39 is 29.9 Å². The Morgan fingerprint density at radius 3 is 2.11 bits per heavy atom. The van der Waals surface area contributed by atoms with Crippen LogP contribution in [-0.2, 0) is 20.1 Å². The lowest BCUT2D eigenvalue weighted by atomic mass is 9.93. The van der Waals surface area contributed by atoms with Crippen LogP contribution in [0.1, 0.15) is 27.7 Å². The molecule has 0 unspecified atom stereocenters. The molecule has 0 bridgehead atoms. The molecule has 0 spiro atoms. The van der Waals surface area contributed by atoms with Gasteiger partial charge in [0.2, 0.25) is 15.4 Å². The van der Waals surface area contributed by atoms with Gasteiger partial charge in [-0.2, -0.15) is 8.42 Å². The highest BCUT2D eigenvalue weighted by molar-refractivity contribution is 7.89. The van der Waals surface area contributed by atoms with Crippen LogP contribution in [0.25, 0.3) is 33.4 Å². The summed E-state index contributed by atoms with van der Waals surface area (Å²) in [5.41, 5.74) is 2.70. The van der Waals surface area contributed by atoms with Gasteiger partial charge >= 0.3 is 0 Å². The average molecular weight is 559 g/mol. The summed E-state index contributed by atoms with van der Waals surface area (Å²) < 4.78 is 67.6. The maximum absolute atomic E-state index is 12.5. The second-order valence-electron chi connectivity index (χ2n) is 8.86. The van der Waals surface area contributed by atoms with Crippen molar-refractivity contribution in [2.75, 3.05) is 31.1 Å². The first kappa shape index (κ1) is 27.8. The summed E-state index contributed by atoms with van der Waals surface area (Å²) in [7, 11) is -9.04. The van der Waals surface area contributed by atoms with Crippen LogP contribution >= 0.6 is 0 Å². The molecule has 202 valence electrons. The summed E-state index contributed by atoms with van der Waals surface area (Å²) in [6, 6.07) is 14.8. The zero-order valence-corrected chi connectivity index (χ0v) is 23.4. The van der Waals surface area contributed by atoms with Crippen molar-refractivity contribution in [1.29, 1.82) is 0 Å². The third-order valence-corrected chi connectivity index (χ3v) is 8.58. The monoisotopic (exact) mass is 558 g/mol. The van der Waals surface area contributed by atoms with Gasteiger partial charge in [-0.05, 0) is 58.0 Å². The second-order valence-corrected chi connectivity index (χ2v) is 11.8. The lowest BCUT2D eigenvalue weighted by molar-refractivity contribution is 0.483. The van der Waals surface area contributed by atoms with E-state index in [1.54, 1.807) is 0 Å². The van der Waals surface area contributed by atoms with Crippen molar-refractivity contribution < 1.29 is 25.8 Å². The van der Waals surface area contributed by atoms with Crippen LogP contribution in [0.3, 0.4) is 0 Å². The van der Waals surface area contributed by atoms with Gasteiger partial charge in [-0.1, -0.05) is 6.07 Å². The molecule has 2 aromatic rings. The van der Waals surface area contributed by atoms with Gasteiger partial charge in [0.1, 0.15) is 29.3 Å². The maximum Gasteiger partial charge on any atom is 0.295 e. The summed E-state index contributed by atoms with van der Waals surface area (Å²) in [5.74, 6) is 0.519. The van der Waals surface area contributed by atoms with E-state index in [1.165, 1.54) is 12.1 Å². The molecule has 0 amide bonds.